The van der Waals surface area contributed by atoms with Crippen LogP contribution in [-0.2, 0) is 24.0 Å². The van der Waals surface area contributed by atoms with Crippen molar-refractivity contribution < 1.29 is 13.7 Å². The van der Waals surface area contributed by atoms with E-state index in [4.69, 9.17) is 16.3 Å². The largest absolute Gasteiger partial charge is 0.481 e. The second-order valence-electron chi connectivity index (χ2n) is 6.76. The normalized spacial score (nSPS) is 11.7. The number of thiazole rings is 1. The van der Waals surface area contributed by atoms with Crippen LogP contribution in [0, 0.1) is 6.92 Å². The fraction of sp³-hybridized carbons (Fsp3) is 0.286. The van der Waals surface area contributed by atoms with Crippen molar-refractivity contribution in [2.75, 3.05) is 24.8 Å². The molecule has 0 aliphatic heterocycles. The third-order valence-corrected chi connectivity index (χ3v) is 6.19. The van der Waals surface area contributed by atoms with Crippen LogP contribution in [0.2, 0.25) is 5.02 Å². The second kappa shape index (κ2) is 10.7. The summed E-state index contributed by atoms with van der Waals surface area (Å²) in [5.41, 5.74) is 2.25. The lowest BCUT2D eigenvalue weighted by Gasteiger charge is -2.22. The molecule has 0 aliphatic carbocycles. The summed E-state index contributed by atoms with van der Waals surface area (Å²) in [6.45, 7) is 2.99. The van der Waals surface area contributed by atoms with Crippen molar-refractivity contribution >= 4 is 45.0 Å². The number of rotatable bonds is 9. The number of benzene rings is 1. The molecule has 0 spiro atoms. The van der Waals surface area contributed by atoms with Crippen LogP contribution in [0.3, 0.4) is 0 Å². The van der Waals surface area contributed by atoms with Crippen molar-refractivity contribution in [3.63, 3.8) is 0 Å². The van der Waals surface area contributed by atoms with Gasteiger partial charge in [0.1, 0.15) is 16.7 Å². The van der Waals surface area contributed by atoms with E-state index in [1.54, 1.807) is 13.2 Å². The third kappa shape index (κ3) is 6.49. The van der Waals surface area contributed by atoms with Gasteiger partial charge in [-0.05, 0) is 37.1 Å². The first-order chi connectivity index (χ1) is 14.9. The summed E-state index contributed by atoms with van der Waals surface area (Å²) in [5, 5.41) is 1.39. The van der Waals surface area contributed by atoms with Gasteiger partial charge in [0.15, 0.2) is 5.13 Å². The highest BCUT2D eigenvalue weighted by atomic mass is 35.5. The fourth-order valence-electron chi connectivity index (χ4n) is 2.92. The van der Waals surface area contributed by atoms with E-state index in [1.807, 2.05) is 43.3 Å². The highest BCUT2D eigenvalue weighted by molar-refractivity contribution is 7.82. The Balaban J connectivity index is 1.86. The molecule has 0 radical (unpaired) electrons. The number of aryl methyl sites for hydroxylation is 1. The number of nitrogens with zero attached hydrogens (tertiary/aromatic N) is 3. The van der Waals surface area contributed by atoms with Crippen molar-refractivity contribution in [2.45, 2.75) is 19.9 Å². The van der Waals surface area contributed by atoms with E-state index in [2.05, 4.69) is 19.6 Å². The first kappa shape index (κ1) is 23.2. The summed E-state index contributed by atoms with van der Waals surface area (Å²) in [5.74, 6) is 0.0916. The maximum atomic E-state index is 12.3. The highest BCUT2D eigenvalue weighted by Gasteiger charge is 2.20. The lowest BCUT2D eigenvalue weighted by molar-refractivity contribution is 0.0978. The minimum atomic E-state index is -1.45. The van der Waals surface area contributed by atoms with Gasteiger partial charge in [0.05, 0.1) is 19.3 Å². The number of anilines is 1. The average Bonchev–Trinajstić information content (AvgIpc) is 3.13. The van der Waals surface area contributed by atoms with Gasteiger partial charge in [-0.2, -0.15) is 0 Å². The van der Waals surface area contributed by atoms with Gasteiger partial charge < -0.3 is 9.64 Å². The highest BCUT2D eigenvalue weighted by Crippen LogP contribution is 2.27. The molecule has 164 valence electrons. The molecule has 2 heterocycles. The lowest BCUT2D eigenvalue weighted by atomic mass is 10.1. The van der Waals surface area contributed by atoms with E-state index in [-0.39, 0.29) is 5.69 Å². The molecular formula is C21H23ClN4O3S2. The number of hydrogen-bond donors (Lipinski definition) is 1. The zero-order valence-corrected chi connectivity index (χ0v) is 19.8. The number of pyridine rings is 1. The van der Waals surface area contributed by atoms with Crippen LogP contribution >= 0.6 is 22.9 Å². The van der Waals surface area contributed by atoms with E-state index in [0.717, 1.165) is 22.6 Å². The van der Waals surface area contributed by atoms with E-state index in [1.165, 1.54) is 17.6 Å². The van der Waals surface area contributed by atoms with Crippen LogP contribution in [0.25, 0.3) is 0 Å². The fourth-order valence-corrected chi connectivity index (χ4v) is 4.33. The van der Waals surface area contributed by atoms with Gasteiger partial charge in [-0.15, -0.1) is 11.3 Å². The average molecular weight is 479 g/mol. The van der Waals surface area contributed by atoms with Gasteiger partial charge >= 0.3 is 0 Å². The minimum absolute atomic E-state index is 0.283. The first-order valence-electron chi connectivity index (χ1n) is 9.47. The monoisotopic (exact) mass is 478 g/mol. The number of hydrogen-bond acceptors (Lipinski definition) is 7. The van der Waals surface area contributed by atoms with Crippen molar-refractivity contribution in [3.05, 3.63) is 69.3 Å². The number of amides is 1. The van der Waals surface area contributed by atoms with E-state index in [9.17, 15) is 9.00 Å². The maximum absolute atomic E-state index is 12.3. The molecule has 3 aromatic rings. The quantitative estimate of drug-likeness (QED) is 0.503. The SMILES string of the molecule is COc1cccc(CN(CCc2ccc(Cl)cc2)c2nc(C(=O)NS(C)=O)c(C)s2)n1. The molecule has 1 amide bonds. The Morgan fingerprint density at radius 1 is 1.23 bits per heavy atom. The number of methoxy groups -OCH3 is 1. The summed E-state index contributed by atoms with van der Waals surface area (Å²) in [6.07, 6.45) is 2.17. The number of halogens is 1. The van der Waals surface area contributed by atoms with Crippen molar-refractivity contribution in [1.82, 2.24) is 14.7 Å². The lowest BCUT2D eigenvalue weighted by Crippen LogP contribution is -2.27. The summed E-state index contributed by atoms with van der Waals surface area (Å²) in [6, 6.07) is 13.3. The van der Waals surface area contributed by atoms with Crippen molar-refractivity contribution in [2.24, 2.45) is 0 Å². The number of nitrogens with one attached hydrogen (secondary N) is 1. The van der Waals surface area contributed by atoms with Gasteiger partial charge in [-0.1, -0.05) is 29.8 Å². The van der Waals surface area contributed by atoms with Crippen LogP contribution in [-0.4, -0.2) is 40.0 Å². The molecule has 3 rings (SSSR count). The molecular weight excluding hydrogens is 456 g/mol. The van der Waals surface area contributed by atoms with E-state index in [0.29, 0.717) is 29.1 Å². The molecule has 0 aliphatic rings. The molecule has 7 nitrogen and oxygen atoms in total. The third-order valence-electron chi connectivity index (χ3n) is 4.43. The summed E-state index contributed by atoms with van der Waals surface area (Å²) >= 11 is 7.41. The number of carbonyl (C=O) groups is 1. The summed E-state index contributed by atoms with van der Waals surface area (Å²) in [4.78, 5) is 24.2. The number of carbonyl (C=O) groups excluding carboxylic acids is 1. The van der Waals surface area contributed by atoms with E-state index >= 15 is 0 Å². The molecule has 1 N–H and O–H groups in total. The minimum Gasteiger partial charge on any atom is -0.481 e. The van der Waals surface area contributed by atoms with Crippen LogP contribution in [0.5, 0.6) is 5.88 Å². The molecule has 31 heavy (non-hydrogen) atoms. The van der Waals surface area contributed by atoms with E-state index < -0.39 is 16.9 Å². The number of aromatic nitrogens is 2. The van der Waals surface area contributed by atoms with Gasteiger partial charge in [0.2, 0.25) is 5.88 Å². The standard InChI is InChI=1S/C21H23ClN4O3S2/c1-14-19(20(27)25-31(3)28)24-21(30-14)26(12-11-15-7-9-16(22)10-8-15)13-17-5-4-6-18(23-17)29-2/h4-10H,11-13H2,1-3H3,(H,25,27). The Morgan fingerprint density at radius 3 is 2.65 bits per heavy atom. The Hall–Kier alpha value is -2.49. The Labute approximate surface area is 193 Å². The molecule has 1 aromatic carbocycles. The first-order valence-corrected chi connectivity index (χ1v) is 12.2. The summed E-state index contributed by atoms with van der Waals surface area (Å²) < 4.78 is 19.0. The molecule has 0 saturated heterocycles. The zero-order chi connectivity index (χ0) is 22.4. The van der Waals surface area contributed by atoms with Crippen LogP contribution in [0.4, 0.5) is 5.13 Å². The molecule has 0 bridgehead atoms. The molecule has 10 heteroatoms. The van der Waals surface area contributed by atoms with Crippen molar-refractivity contribution in [1.29, 1.82) is 0 Å². The van der Waals surface area contributed by atoms with Crippen LogP contribution in [0.1, 0.15) is 26.6 Å². The molecule has 2 aromatic heterocycles. The Kier molecular flexibility index (Phi) is 8.00. The maximum Gasteiger partial charge on any atom is 0.282 e. The Morgan fingerprint density at radius 2 is 1.97 bits per heavy atom. The molecule has 1 unspecified atom stereocenters. The van der Waals surface area contributed by atoms with Gasteiger partial charge in [0.25, 0.3) is 5.91 Å². The molecule has 0 saturated carbocycles. The van der Waals surface area contributed by atoms with Crippen molar-refractivity contribution in [3.8, 4) is 5.88 Å². The Bertz CT molecular complexity index is 1070. The second-order valence-corrected chi connectivity index (χ2v) is 9.49. The zero-order valence-electron chi connectivity index (χ0n) is 17.4. The van der Waals surface area contributed by atoms with Gasteiger partial charge in [0, 0.05) is 28.8 Å². The van der Waals surface area contributed by atoms with Gasteiger partial charge in [-0.25, -0.2) is 14.2 Å². The number of ether oxygens (including phenoxy) is 1. The smallest absolute Gasteiger partial charge is 0.282 e. The van der Waals surface area contributed by atoms with Gasteiger partial charge in [-0.3, -0.25) is 9.52 Å². The topological polar surface area (TPSA) is 84.4 Å². The molecule has 0 fully saturated rings. The summed E-state index contributed by atoms with van der Waals surface area (Å²) in [7, 11) is 0.126. The van der Waals surface area contributed by atoms with Crippen LogP contribution < -0.4 is 14.4 Å². The molecule has 1 atom stereocenters. The predicted molar refractivity (Wildman–Crippen MR) is 125 cm³/mol. The van der Waals surface area contributed by atoms with Crippen LogP contribution in [0.15, 0.2) is 42.5 Å². The predicted octanol–water partition coefficient (Wildman–Crippen LogP) is 3.78.